The minimum atomic E-state index is -4.11. The van der Waals surface area contributed by atoms with Crippen LogP contribution in [0.3, 0.4) is 0 Å². The van der Waals surface area contributed by atoms with E-state index in [9.17, 15) is 13.2 Å². The molecule has 3 N–H and O–H groups in total. The number of nitrogens with zero attached hydrogens (tertiary/aromatic N) is 2. The van der Waals surface area contributed by atoms with Crippen molar-refractivity contribution in [2.45, 2.75) is 11.3 Å². The van der Waals surface area contributed by atoms with Crippen molar-refractivity contribution < 1.29 is 8.42 Å². The van der Waals surface area contributed by atoms with Crippen LogP contribution in [0, 0.1) is 0 Å². The van der Waals surface area contributed by atoms with E-state index in [1.165, 1.54) is 22.8 Å². The Balaban J connectivity index is 1.81. The first-order valence-electron chi connectivity index (χ1n) is 8.78. The number of anilines is 2. The molecule has 28 heavy (non-hydrogen) atoms. The Morgan fingerprint density at radius 2 is 1.82 bits per heavy atom. The van der Waals surface area contributed by atoms with Crippen LogP contribution >= 0.6 is 12.1 Å². The minimum Gasteiger partial charge on any atom is -0.313 e. The summed E-state index contributed by atoms with van der Waals surface area (Å²) in [4.78, 5) is 13.4. The van der Waals surface area contributed by atoms with Gasteiger partial charge in [-0.15, -0.1) is 0 Å². The molecular formula is C18H17N5O3S2. The van der Waals surface area contributed by atoms with Gasteiger partial charge >= 0.3 is 5.69 Å². The molecule has 144 valence electrons. The Hall–Kier alpha value is -2.69. The maximum Gasteiger partial charge on any atom is 0.347 e. The zero-order valence-electron chi connectivity index (χ0n) is 14.7. The minimum absolute atomic E-state index is 0.0618. The summed E-state index contributed by atoms with van der Waals surface area (Å²) < 4.78 is 35.5. The van der Waals surface area contributed by atoms with E-state index < -0.39 is 15.7 Å². The summed E-state index contributed by atoms with van der Waals surface area (Å²) in [6, 6.07) is 11.9. The second-order valence-electron chi connectivity index (χ2n) is 6.51. The second-order valence-corrected chi connectivity index (χ2v) is 8.88. The number of hydrogen-bond acceptors (Lipinski definition) is 7. The van der Waals surface area contributed by atoms with Crippen LogP contribution in [0.15, 0.2) is 58.2 Å². The molecule has 2 aliphatic rings. The van der Waals surface area contributed by atoms with Gasteiger partial charge in [0.25, 0.3) is 10.0 Å². The Bertz CT molecular complexity index is 1290. The predicted molar refractivity (Wildman–Crippen MR) is 112 cm³/mol. The fraction of sp³-hybridized carbons (Fsp3) is 0.167. The predicted octanol–water partition coefficient (Wildman–Crippen LogP) is 2.27. The van der Waals surface area contributed by atoms with E-state index in [1.807, 2.05) is 6.08 Å². The first kappa shape index (κ1) is 17.4. The van der Waals surface area contributed by atoms with Crippen LogP contribution in [0.4, 0.5) is 11.4 Å². The highest BCUT2D eigenvalue weighted by molar-refractivity contribution is 8.02. The highest BCUT2D eigenvalue weighted by Gasteiger charge is 2.30. The number of hydrogen-bond donors (Lipinski definition) is 3. The lowest BCUT2D eigenvalue weighted by atomic mass is 10.2. The fourth-order valence-corrected chi connectivity index (χ4v) is 5.90. The third-order valence-corrected chi connectivity index (χ3v) is 7.25. The van der Waals surface area contributed by atoms with Crippen LogP contribution in [-0.4, -0.2) is 30.0 Å². The van der Waals surface area contributed by atoms with E-state index >= 15 is 0 Å². The normalized spacial score (nSPS) is 16.4. The maximum atomic E-state index is 13.6. The molecule has 3 heterocycles. The highest BCUT2D eigenvalue weighted by atomic mass is 32.2. The molecule has 10 heteroatoms. The summed E-state index contributed by atoms with van der Waals surface area (Å²) in [6.45, 7) is 1.39. The molecule has 2 aliphatic heterocycles. The van der Waals surface area contributed by atoms with Gasteiger partial charge in [-0.25, -0.2) is 13.2 Å². The summed E-state index contributed by atoms with van der Waals surface area (Å²) >= 11 is 1.19. The van der Waals surface area contributed by atoms with Gasteiger partial charge in [0.1, 0.15) is 4.90 Å². The molecule has 0 atom stereocenters. The van der Waals surface area contributed by atoms with Gasteiger partial charge in [0.05, 0.1) is 34.5 Å². The third kappa shape index (κ3) is 2.49. The highest BCUT2D eigenvalue weighted by Crippen LogP contribution is 2.39. The van der Waals surface area contributed by atoms with Gasteiger partial charge in [0.2, 0.25) is 0 Å². The van der Waals surface area contributed by atoms with Gasteiger partial charge < -0.3 is 14.8 Å². The average Bonchev–Trinajstić information content (AvgIpc) is 3.30. The SMILES string of the molecule is O=c1n(C2=CCNCC2)c2ccccc2n1S(=O)(=O)c1cccc2c1NSN2. The number of rotatable bonds is 3. The smallest absolute Gasteiger partial charge is 0.313 e. The first-order valence-corrected chi connectivity index (χ1v) is 11.0. The summed E-state index contributed by atoms with van der Waals surface area (Å²) in [5, 5.41) is 3.21. The van der Waals surface area contributed by atoms with Crippen molar-refractivity contribution in [1.82, 2.24) is 13.9 Å². The van der Waals surface area contributed by atoms with E-state index in [1.54, 1.807) is 36.4 Å². The number of aromatic nitrogens is 2. The average molecular weight is 416 g/mol. The number of imidazole rings is 1. The Kier molecular flexibility index (Phi) is 4.00. The largest absolute Gasteiger partial charge is 0.347 e. The van der Waals surface area contributed by atoms with Crippen molar-refractivity contribution in [2.24, 2.45) is 0 Å². The molecule has 3 aromatic rings. The van der Waals surface area contributed by atoms with Crippen molar-refractivity contribution in [3.63, 3.8) is 0 Å². The zero-order chi connectivity index (χ0) is 19.3. The molecule has 0 bridgehead atoms. The van der Waals surface area contributed by atoms with Crippen molar-refractivity contribution in [1.29, 1.82) is 0 Å². The number of para-hydroxylation sites is 3. The van der Waals surface area contributed by atoms with Gasteiger partial charge in [-0.3, -0.25) is 4.57 Å². The molecule has 0 saturated carbocycles. The molecule has 0 spiro atoms. The number of nitrogens with one attached hydrogen (secondary N) is 3. The summed E-state index contributed by atoms with van der Waals surface area (Å²) in [6.07, 6.45) is 2.58. The van der Waals surface area contributed by atoms with Gasteiger partial charge in [0.15, 0.2) is 0 Å². The van der Waals surface area contributed by atoms with E-state index in [0.717, 1.165) is 16.2 Å². The zero-order valence-corrected chi connectivity index (χ0v) is 16.3. The third-order valence-electron chi connectivity index (χ3n) is 4.89. The van der Waals surface area contributed by atoms with Crippen LogP contribution in [0.5, 0.6) is 0 Å². The van der Waals surface area contributed by atoms with E-state index in [-0.39, 0.29) is 4.90 Å². The lowest BCUT2D eigenvalue weighted by molar-refractivity contribution is 0.587. The Morgan fingerprint density at radius 3 is 2.61 bits per heavy atom. The van der Waals surface area contributed by atoms with Crippen molar-refractivity contribution in [3.8, 4) is 0 Å². The molecule has 5 rings (SSSR count). The lowest BCUT2D eigenvalue weighted by Gasteiger charge is -2.14. The molecule has 0 amide bonds. The molecule has 0 unspecified atom stereocenters. The van der Waals surface area contributed by atoms with Crippen LogP contribution < -0.4 is 20.5 Å². The van der Waals surface area contributed by atoms with Crippen LogP contribution in [0.25, 0.3) is 16.7 Å². The number of fused-ring (bicyclic) bond motifs is 2. The van der Waals surface area contributed by atoms with Crippen LogP contribution in [0.1, 0.15) is 6.42 Å². The van der Waals surface area contributed by atoms with Gasteiger partial charge in [-0.2, -0.15) is 3.97 Å². The lowest BCUT2D eigenvalue weighted by Crippen LogP contribution is -2.31. The van der Waals surface area contributed by atoms with Gasteiger partial charge in [-0.1, -0.05) is 24.3 Å². The summed E-state index contributed by atoms with van der Waals surface area (Å²) in [7, 11) is -4.11. The van der Waals surface area contributed by atoms with Crippen LogP contribution in [0.2, 0.25) is 0 Å². The second kappa shape index (κ2) is 6.43. The topological polar surface area (TPSA) is 97.2 Å². The monoisotopic (exact) mass is 415 g/mol. The molecule has 0 radical (unpaired) electrons. The first-order chi connectivity index (χ1) is 13.6. The Labute approximate surface area is 165 Å². The van der Waals surface area contributed by atoms with E-state index in [2.05, 4.69) is 14.8 Å². The molecule has 1 aromatic heterocycles. The van der Waals surface area contributed by atoms with E-state index in [4.69, 9.17) is 0 Å². The fourth-order valence-electron chi connectivity index (χ4n) is 3.61. The van der Waals surface area contributed by atoms with Crippen LogP contribution in [-0.2, 0) is 10.0 Å². The molecule has 0 fully saturated rings. The Morgan fingerprint density at radius 1 is 1.00 bits per heavy atom. The van der Waals surface area contributed by atoms with Gasteiger partial charge in [-0.05, 0) is 24.3 Å². The quantitative estimate of drug-likeness (QED) is 0.565. The standard InChI is InChI=1S/C18H17N5O3S2/c24-18-22(12-8-10-19-11-9-12)14-5-1-2-6-15(14)23(18)28(25,26)16-7-3-4-13-17(16)21-27-20-13/h1-8,19-21H,9-11H2. The molecular weight excluding hydrogens is 398 g/mol. The molecule has 0 saturated heterocycles. The molecule has 8 nitrogen and oxygen atoms in total. The van der Waals surface area contributed by atoms with Gasteiger partial charge in [0, 0.05) is 25.2 Å². The molecule has 2 aromatic carbocycles. The summed E-state index contributed by atoms with van der Waals surface area (Å²) in [5.41, 5.74) is 2.30. The number of benzene rings is 2. The van der Waals surface area contributed by atoms with Crippen molar-refractivity contribution in [3.05, 3.63) is 59.0 Å². The van der Waals surface area contributed by atoms with E-state index in [0.29, 0.717) is 35.4 Å². The van der Waals surface area contributed by atoms with Crippen molar-refractivity contribution >= 4 is 50.3 Å². The molecule has 0 aliphatic carbocycles. The van der Waals surface area contributed by atoms with Crippen molar-refractivity contribution in [2.75, 3.05) is 22.5 Å². The maximum absolute atomic E-state index is 13.6. The summed E-state index contributed by atoms with van der Waals surface area (Å²) in [5.74, 6) is 0.